The molecule has 0 radical (unpaired) electrons. The minimum atomic E-state index is -0.193. The lowest BCUT2D eigenvalue weighted by Gasteiger charge is -2.48. The molecule has 0 aromatic heterocycles. The number of carbonyl (C=O) groups is 2. The topological polar surface area (TPSA) is 61.9 Å². The fourth-order valence-electron chi connectivity index (χ4n) is 4.29. The van der Waals surface area contributed by atoms with Gasteiger partial charge in [0.2, 0.25) is 11.8 Å². The monoisotopic (exact) mass is 337 g/mol. The van der Waals surface area contributed by atoms with Crippen LogP contribution >= 0.6 is 0 Å². The number of rotatable bonds is 6. The van der Waals surface area contributed by atoms with Gasteiger partial charge in [-0.15, -0.1) is 0 Å². The standard InChI is InChI=1S/C18H31N3O3/c1-24-9-8-19-18(23)14-10-17(22)21(11-14)16-12-20(13-16)15-6-4-2-3-5-7-15/h14-16H,2-13H2,1H3,(H,19,23). The SMILES string of the molecule is COCCNC(=O)C1CC(=O)N(C2CN(C3CCCCCC3)C2)C1. The van der Waals surface area contributed by atoms with Crippen molar-refractivity contribution in [2.45, 2.75) is 57.0 Å². The van der Waals surface area contributed by atoms with Crippen molar-refractivity contribution in [2.75, 3.05) is 39.9 Å². The number of methoxy groups -OCH3 is 1. The van der Waals surface area contributed by atoms with Crippen LogP contribution in [-0.4, -0.2) is 73.6 Å². The fourth-order valence-corrected chi connectivity index (χ4v) is 4.29. The third kappa shape index (κ3) is 4.09. The summed E-state index contributed by atoms with van der Waals surface area (Å²) in [4.78, 5) is 28.9. The molecule has 1 aliphatic carbocycles. The van der Waals surface area contributed by atoms with E-state index in [0.717, 1.165) is 19.1 Å². The third-order valence-corrected chi connectivity index (χ3v) is 5.81. The van der Waals surface area contributed by atoms with E-state index in [1.807, 2.05) is 4.90 Å². The van der Waals surface area contributed by atoms with Crippen LogP contribution in [0.4, 0.5) is 0 Å². The van der Waals surface area contributed by atoms with E-state index >= 15 is 0 Å². The van der Waals surface area contributed by atoms with E-state index < -0.39 is 0 Å². The van der Waals surface area contributed by atoms with Gasteiger partial charge in [-0.05, 0) is 12.8 Å². The Balaban J connectivity index is 1.43. The molecule has 2 amide bonds. The first-order valence-electron chi connectivity index (χ1n) is 9.49. The van der Waals surface area contributed by atoms with Crippen LogP contribution in [-0.2, 0) is 14.3 Å². The zero-order chi connectivity index (χ0) is 16.9. The van der Waals surface area contributed by atoms with E-state index in [2.05, 4.69) is 10.2 Å². The van der Waals surface area contributed by atoms with E-state index in [4.69, 9.17) is 4.74 Å². The van der Waals surface area contributed by atoms with Crippen LogP contribution in [0, 0.1) is 5.92 Å². The van der Waals surface area contributed by atoms with E-state index in [1.54, 1.807) is 7.11 Å². The van der Waals surface area contributed by atoms with E-state index in [1.165, 1.54) is 38.5 Å². The summed E-state index contributed by atoms with van der Waals surface area (Å²) in [5.41, 5.74) is 0. The van der Waals surface area contributed by atoms with Gasteiger partial charge >= 0.3 is 0 Å². The van der Waals surface area contributed by atoms with Gasteiger partial charge in [0, 0.05) is 45.8 Å². The first-order valence-corrected chi connectivity index (χ1v) is 9.49. The van der Waals surface area contributed by atoms with Gasteiger partial charge in [0.05, 0.1) is 18.6 Å². The Kier molecular flexibility index (Phi) is 6.11. The highest BCUT2D eigenvalue weighted by molar-refractivity contribution is 5.89. The number of nitrogens with zero attached hydrogens (tertiary/aromatic N) is 2. The summed E-state index contributed by atoms with van der Waals surface area (Å²) in [5.74, 6) is -0.0588. The molecule has 2 saturated heterocycles. The molecule has 0 aromatic carbocycles. The Hall–Kier alpha value is -1.14. The molecule has 0 aromatic rings. The maximum Gasteiger partial charge on any atom is 0.225 e. The Morgan fingerprint density at radius 1 is 1.12 bits per heavy atom. The number of nitrogens with one attached hydrogen (secondary N) is 1. The molecule has 1 N–H and O–H groups in total. The number of likely N-dealkylation sites (tertiary alicyclic amines) is 2. The van der Waals surface area contributed by atoms with Crippen LogP contribution in [0.3, 0.4) is 0 Å². The summed E-state index contributed by atoms with van der Waals surface area (Å²) in [6.45, 7) is 3.59. The van der Waals surface area contributed by atoms with Gasteiger partial charge in [-0.2, -0.15) is 0 Å². The van der Waals surface area contributed by atoms with Gasteiger partial charge in [0.15, 0.2) is 0 Å². The summed E-state index contributed by atoms with van der Waals surface area (Å²) < 4.78 is 4.94. The molecule has 1 saturated carbocycles. The van der Waals surface area contributed by atoms with Gasteiger partial charge in [0.1, 0.15) is 0 Å². The molecule has 3 rings (SSSR count). The molecule has 2 heterocycles. The summed E-state index contributed by atoms with van der Waals surface area (Å²) in [6, 6.07) is 1.03. The van der Waals surface area contributed by atoms with Crippen LogP contribution in [0.25, 0.3) is 0 Å². The van der Waals surface area contributed by atoms with Crippen LogP contribution in [0.5, 0.6) is 0 Å². The van der Waals surface area contributed by atoms with E-state index in [-0.39, 0.29) is 17.7 Å². The van der Waals surface area contributed by atoms with Gasteiger partial charge in [0.25, 0.3) is 0 Å². The van der Waals surface area contributed by atoms with Crippen molar-refractivity contribution in [1.29, 1.82) is 0 Å². The number of hydrogen-bond donors (Lipinski definition) is 1. The summed E-state index contributed by atoms with van der Waals surface area (Å²) in [7, 11) is 1.61. The van der Waals surface area contributed by atoms with E-state index in [9.17, 15) is 9.59 Å². The molecule has 6 heteroatoms. The molecule has 0 spiro atoms. The van der Waals surface area contributed by atoms with Crippen molar-refractivity contribution in [1.82, 2.24) is 15.1 Å². The Labute approximate surface area is 144 Å². The molecule has 1 atom stereocenters. The van der Waals surface area contributed by atoms with Crippen LogP contribution in [0.2, 0.25) is 0 Å². The molecule has 136 valence electrons. The first kappa shape index (κ1) is 17.7. The molecule has 3 fully saturated rings. The Bertz CT molecular complexity index is 443. The third-order valence-electron chi connectivity index (χ3n) is 5.81. The number of amides is 2. The summed E-state index contributed by atoms with van der Waals surface area (Å²) in [5, 5.41) is 2.86. The van der Waals surface area contributed by atoms with E-state index in [0.29, 0.717) is 32.2 Å². The van der Waals surface area contributed by atoms with Crippen molar-refractivity contribution >= 4 is 11.8 Å². The van der Waals surface area contributed by atoms with Gasteiger partial charge in [-0.1, -0.05) is 25.7 Å². The van der Waals surface area contributed by atoms with Crippen molar-refractivity contribution in [2.24, 2.45) is 5.92 Å². The number of carbonyl (C=O) groups excluding carboxylic acids is 2. The van der Waals surface area contributed by atoms with Crippen molar-refractivity contribution < 1.29 is 14.3 Å². The minimum Gasteiger partial charge on any atom is -0.383 e. The number of hydrogen-bond acceptors (Lipinski definition) is 4. The second kappa shape index (κ2) is 8.30. The summed E-state index contributed by atoms with van der Waals surface area (Å²) in [6.07, 6.45) is 8.42. The van der Waals surface area contributed by atoms with Gasteiger partial charge < -0.3 is 15.0 Å². The Morgan fingerprint density at radius 2 is 1.83 bits per heavy atom. The molecular formula is C18H31N3O3. The second-order valence-electron chi connectivity index (χ2n) is 7.48. The molecule has 0 bridgehead atoms. The lowest BCUT2D eigenvalue weighted by molar-refractivity contribution is -0.133. The zero-order valence-corrected chi connectivity index (χ0v) is 14.8. The first-order chi connectivity index (χ1) is 11.7. The maximum atomic E-state index is 12.3. The highest BCUT2D eigenvalue weighted by atomic mass is 16.5. The van der Waals surface area contributed by atoms with Gasteiger partial charge in [-0.25, -0.2) is 0 Å². The minimum absolute atomic E-state index is 0.0113. The quantitative estimate of drug-likeness (QED) is 0.580. The molecule has 6 nitrogen and oxygen atoms in total. The highest BCUT2D eigenvalue weighted by Gasteiger charge is 2.43. The van der Waals surface area contributed by atoms with Crippen molar-refractivity contribution in [3.05, 3.63) is 0 Å². The molecular weight excluding hydrogens is 306 g/mol. The number of ether oxygens (including phenoxy) is 1. The largest absolute Gasteiger partial charge is 0.383 e. The average Bonchev–Trinajstić information content (AvgIpc) is 2.73. The second-order valence-corrected chi connectivity index (χ2v) is 7.48. The highest BCUT2D eigenvalue weighted by Crippen LogP contribution is 2.30. The lowest BCUT2D eigenvalue weighted by Crippen LogP contribution is -2.62. The van der Waals surface area contributed by atoms with Gasteiger partial charge in [-0.3, -0.25) is 14.5 Å². The molecule has 1 unspecified atom stereocenters. The van der Waals surface area contributed by atoms with Crippen molar-refractivity contribution in [3.8, 4) is 0 Å². The summed E-state index contributed by atoms with van der Waals surface area (Å²) >= 11 is 0. The fraction of sp³-hybridized carbons (Fsp3) is 0.889. The normalized spacial score (nSPS) is 27.1. The van der Waals surface area contributed by atoms with Crippen LogP contribution in [0.15, 0.2) is 0 Å². The molecule has 2 aliphatic heterocycles. The molecule has 3 aliphatic rings. The van der Waals surface area contributed by atoms with Crippen LogP contribution < -0.4 is 5.32 Å². The lowest BCUT2D eigenvalue weighted by atomic mass is 9.99. The molecule has 24 heavy (non-hydrogen) atoms. The smallest absolute Gasteiger partial charge is 0.225 e. The Morgan fingerprint density at radius 3 is 2.50 bits per heavy atom. The predicted molar refractivity (Wildman–Crippen MR) is 91.6 cm³/mol. The predicted octanol–water partition coefficient (Wildman–Crippen LogP) is 1.00. The van der Waals surface area contributed by atoms with Crippen LogP contribution in [0.1, 0.15) is 44.9 Å². The van der Waals surface area contributed by atoms with Crippen molar-refractivity contribution in [3.63, 3.8) is 0 Å². The maximum absolute atomic E-state index is 12.3. The zero-order valence-electron chi connectivity index (χ0n) is 14.8. The average molecular weight is 337 g/mol.